The molecule has 0 radical (unpaired) electrons. The third kappa shape index (κ3) is 3.80. The first-order chi connectivity index (χ1) is 13.0. The van der Waals surface area contributed by atoms with Crippen LogP contribution in [0.2, 0.25) is 0 Å². The largest absolute Gasteiger partial charge is 0.451 e. The first kappa shape index (κ1) is 17.5. The molecule has 0 fully saturated rings. The summed E-state index contributed by atoms with van der Waals surface area (Å²) in [6, 6.07) is 16.0. The molecule has 2 heterocycles. The molecule has 0 aliphatic heterocycles. The van der Waals surface area contributed by atoms with E-state index in [0.717, 1.165) is 5.56 Å². The van der Waals surface area contributed by atoms with Crippen LogP contribution in [0, 0.1) is 0 Å². The lowest BCUT2D eigenvalue weighted by atomic mass is 10.2. The number of halogens is 3. The van der Waals surface area contributed by atoms with Crippen LogP contribution >= 0.6 is 11.8 Å². The molecule has 0 spiro atoms. The predicted octanol–water partition coefficient (Wildman–Crippen LogP) is 5.60. The fourth-order valence-corrected chi connectivity index (χ4v) is 3.41. The fraction of sp³-hybridized carbons (Fsp3) is 0.105. The van der Waals surface area contributed by atoms with E-state index in [2.05, 4.69) is 15.0 Å². The van der Waals surface area contributed by atoms with Gasteiger partial charge in [0.25, 0.3) is 0 Å². The molecular weight excluding hydrogens is 375 g/mol. The van der Waals surface area contributed by atoms with Gasteiger partial charge in [-0.1, -0.05) is 48.2 Å². The molecule has 27 heavy (non-hydrogen) atoms. The molecule has 0 unspecified atom stereocenters. The van der Waals surface area contributed by atoms with Crippen LogP contribution < -0.4 is 0 Å². The molecule has 0 saturated carbocycles. The highest BCUT2D eigenvalue weighted by molar-refractivity contribution is 7.98. The zero-order valence-corrected chi connectivity index (χ0v) is 14.6. The van der Waals surface area contributed by atoms with Crippen LogP contribution in [0.25, 0.3) is 22.4 Å². The number of fused-ring (bicyclic) bond motifs is 1. The zero-order valence-electron chi connectivity index (χ0n) is 13.8. The number of aromatic nitrogens is 3. The average Bonchev–Trinajstić information content (AvgIpc) is 3.15. The minimum absolute atomic E-state index is 0.257. The maximum Gasteiger partial charge on any atom is 0.451 e. The van der Waals surface area contributed by atoms with Crippen molar-refractivity contribution in [3.63, 3.8) is 0 Å². The van der Waals surface area contributed by atoms with E-state index in [1.165, 1.54) is 18.0 Å². The van der Waals surface area contributed by atoms with Gasteiger partial charge in [0.05, 0.1) is 11.2 Å². The zero-order chi connectivity index (χ0) is 18.9. The Kier molecular flexibility index (Phi) is 4.57. The summed E-state index contributed by atoms with van der Waals surface area (Å²) in [4.78, 5) is 11.7. The molecule has 0 bridgehead atoms. The van der Waals surface area contributed by atoms with Gasteiger partial charge in [-0.15, -0.1) is 0 Å². The van der Waals surface area contributed by atoms with Crippen LogP contribution in [0.5, 0.6) is 0 Å². The second-order valence-electron chi connectivity index (χ2n) is 5.67. The van der Waals surface area contributed by atoms with Crippen LogP contribution in [0.1, 0.15) is 11.5 Å². The maximum absolute atomic E-state index is 13.1. The van der Waals surface area contributed by atoms with Crippen molar-refractivity contribution >= 4 is 22.7 Å². The Labute approximate surface area is 156 Å². The van der Waals surface area contributed by atoms with Crippen molar-refractivity contribution in [3.8, 4) is 11.5 Å². The number of thioether (sulfide) groups is 1. The number of para-hydroxylation sites is 1. The number of rotatable bonds is 4. The number of benzene rings is 2. The van der Waals surface area contributed by atoms with E-state index in [9.17, 15) is 13.2 Å². The van der Waals surface area contributed by atoms with Gasteiger partial charge in [0, 0.05) is 16.7 Å². The summed E-state index contributed by atoms with van der Waals surface area (Å²) in [5, 5.41) is 0.833. The molecule has 0 aliphatic carbocycles. The summed E-state index contributed by atoms with van der Waals surface area (Å²) in [7, 11) is 0. The van der Waals surface area contributed by atoms with E-state index in [1.54, 1.807) is 24.3 Å². The van der Waals surface area contributed by atoms with Crippen molar-refractivity contribution in [1.29, 1.82) is 0 Å². The third-order valence-electron chi connectivity index (χ3n) is 3.75. The number of nitrogens with zero attached hydrogens (tertiary/aromatic N) is 3. The molecule has 4 nitrogen and oxygen atoms in total. The van der Waals surface area contributed by atoms with Crippen LogP contribution in [0.4, 0.5) is 13.2 Å². The van der Waals surface area contributed by atoms with Gasteiger partial charge in [-0.2, -0.15) is 13.2 Å². The van der Waals surface area contributed by atoms with Crippen molar-refractivity contribution in [2.75, 3.05) is 0 Å². The summed E-state index contributed by atoms with van der Waals surface area (Å²) in [6.07, 6.45) is -3.10. The van der Waals surface area contributed by atoms with E-state index in [-0.39, 0.29) is 10.5 Å². The molecule has 2 aromatic heterocycles. The second-order valence-corrected chi connectivity index (χ2v) is 6.63. The van der Waals surface area contributed by atoms with Crippen molar-refractivity contribution < 1.29 is 17.6 Å². The van der Waals surface area contributed by atoms with Gasteiger partial charge in [0.2, 0.25) is 11.7 Å². The summed E-state index contributed by atoms with van der Waals surface area (Å²) in [6.45, 7) is 0. The Morgan fingerprint density at radius 1 is 0.889 bits per heavy atom. The third-order valence-corrected chi connectivity index (χ3v) is 4.78. The maximum atomic E-state index is 13.1. The molecule has 0 atom stereocenters. The first-order valence-corrected chi connectivity index (χ1v) is 8.96. The van der Waals surface area contributed by atoms with Crippen molar-refractivity contribution in [2.45, 2.75) is 17.0 Å². The van der Waals surface area contributed by atoms with Gasteiger partial charge in [0.1, 0.15) is 11.3 Å². The lowest BCUT2D eigenvalue weighted by Crippen LogP contribution is -2.11. The summed E-state index contributed by atoms with van der Waals surface area (Å²) < 4.78 is 44.7. The van der Waals surface area contributed by atoms with Gasteiger partial charge in [-0.3, -0.25) is 0 Å². The van der Waals surface area contributed by atoms with Crippen molar-refractivity contribution in [1.82, 2.24) is 15.0 Å². The van der Waals surface area contributed by atoms with E-state index in [0.29, 0.717) is 22.7 Å². The van der Waals surface area contributed by atoms with Gasteiger partial charge in [-0.05, 0) is 18.2 Å². The topological polar surface area (TPSA) is 51.8 Å². The highest BCUT2D eigenvalue weighted by Gasteiger charge is 2.35. The van der Waals surface area contributed by atoms with Gasteiger partial charge < -0.3 is 4.42 Å². The van der Waals surface area contributed by atoms with Crippen LogP contribution in [-0.4, -0.2) is 15.0 Å². The van der Waals surface area contributed by atoms with Gasteiger partial charge in [0.15, 0.2) is 0 Å². The molecular formula is C19H12F3N3OS. The molecule has 0 aliphatic rings. The van der Waals surface area contributed by atoms with Crippen LogP contribution in [0.15, 0.2) is 70.3 Å². The first-order valence-electron chi connectivity index (χ1n) is 7.97. The number of oxazole rings is 1. The second kappa shape index (κ2) is 7.03. The SMILES string of the molecule is FC(F)(F)c1nc(SCc2coc(-c3ccccc3)n2)c2ccccc2n1. The highest BCUT2D eigenvalue weighted by Crippen LogP contribution is 2.33. The monoisotopic (exact) mass is 387 g/mol. The lowest BCUT2D eigenvalue weighted by Gasteiger charge is -2.09. The molecule has 4 aromatic rings. The molecule has 136 valence electrons. The quantitative estimate of drug-likeness (QED) is 0.337. The molecule has 4 rings (SSSR count). The standard InChI is InChI=1S/C19H12F3N3OS/c20-19(21,22)18-24-15-9-5-4-8-14(15)17(25-18)27-11-13-10-26-16(23-13)12-6-2-1-3-7-12/h1-10H,11H2. The van der Waals surface area contributed by atoms with E-state index in [4.69, 9.17) is 4.42 Å². The smallest absolute Gasteiger partial charge is 0.444 e. The Hall–Kier alpha value is -2.87. The van der Waals surface area contributed by atoms with Crippen molar-refractivity contribution in [2.24, 2.45) is 0 Å². The minimum Gasteiger partial charge on any atom is -0.444 e. The van der Waals surface area contributed by atoms with Crippen LogP contribution in [-0.2, 0) is 11.9 Å². The molecule has 0 amide bonds. The highest BCUT2D eigenvalue weighted by atomic mass is 32.2. The Morgan fingerprint density at radius 3 is 2.41 bits per heavy atom. The summed E-state index contributed by atoms with van der Waals surface area (Å²) >= 11 is 1.17. The Bertz CT molecular complexity index is 1080. The summed E-state index contributed by atoms with van der Waals surface area (Å²) in [5.41, 5.74) is 1.71. The number of alkyl halides is 3. The average molecular weight is 387 g/mol. The molecule has 2 aromatic carbocycles. The molecule has 0 N–H and O–H groups in total. The van der Waals surface area contributed by atoms with E-state index in [1.807, 2.05) is 30.3 Å². The Morgan fingerprint density at radius 2 is 1.63 bits per heavy atom. The van der Waals surface area contributed by atoms with E-state index >= 15 is 0 Å². The Balaban J connectivity index is 1.61. The van der Waals surface area contributed by atoms with Crippen molar-refractivity contribution in [3.05, 3.63) is 72.4 Å². The normalized spacial score (nSPS) is 11.8. The molecule has 0 saturated heterocycles. The van der Waals surface area contributed by atoms with Crippen LogP contribution in [0.3, 0.4) is 0 Å². The summed E-state index contributed by atoms with van der Waals surface area (Å²) in [5.74, 6) is -0.349. The predicted molar refractivity (Wildman–Crippen MR) is 96.0 cm³/mol. The molecule has 8 heteroatoms. The van der Waals surface area contributed by atoms with Gasteiger partial charge in [-0.25, -0.2) is 15.0 Å². The van der Waals surface area contributed by atoms with Gasteiger partial charge >= 0.3 is 6.18 Å². The fourth-order valence-electron chi connectivity index (χ4n) is 2.51. The van der Waals surface area contributed by atoms with E-state index < -0.39 is 12.0 Å². The lowest BCUT2D eigenvalue weighted by molar-refractivity contribution is -0.145. The number of hydrogen-bond donors (Lipinski definition) is 0. The number of hydrogen-bond acceptors (Lipinski definition) is 5. The minimum atomic E-state index is -4.60.